The summed E-state index contributed by atoms with van der Waals surface area (Å²) in [4.78, 5) is 39.8. The highest BCUT2D eigenvalue weighted by atomic mass is 16.6. The summed E-state index contributed by atoms with van der Waals surface area (Å²) >= 11 is 0. The standard InChI is InChI=1S/C21H30N8O5/c1-23-21(33)28(11-4-2-3-5-11)8-12-26-17(22)13-18(27-12)29(9-24-13)20-15(31)14(30)16(34-20)19(32)25-10-6-7-10/h9-11,14-16,20,30-31H,2-8H2,1H3,(H,23,33)(H,25,32)(H2,22,26,27)/t14?,15?,16-,20+/m0/s1. The van der Waals surface area contributed by atoms with E-state index in [9.17, 15) is 19.8 Å². The Labute approximate surface area is 195 Å². The Morgan fingerprint density at radius 2 is 1.94 bits per heavy atom. The second-order valence-electron chi connectivity index (χ2n) is 9.18. The highest BCUT2D eigenvalue weighted by Crippen LogP contribution is 2.33. The molecule has 2 saturated carbocycles. The van der Waals surface area contributed by atoms with E-state index in [1.54, 1.807) is 11.9 Å². The van der Waals surface area contributed by atoms with Crippen LogP contribution in [0.3, 0.4) is 0 Å². The van der Waals surface area contributed by atoms with Crippen molar-refractivity contribution < 1.29 is 24.5 Å². The lowest BCUT2D eigenvalue weighted by molar-refractivity contribution is -0.137. The molecule has 0 bridgehead atoms. The van der Waals surface area contributed by atoms with E-state index in [2.05, 4.69) is 25.6 Å². The fourth-order valence-corrected chi connectivity index (χ4v) is 4.74. The average molecular weight is 475 g/mol. The molecule has 6 N–H and O–H groups in total. The van der Waals surface area contributed by atoms with Crippen molar-refractivity contribution in [3.05, 3.63) is 12.2 Å². The van der Waals surface area contributed by atoms with E-state index in [-0.39, 0.29) is 36.1 Å². The molecule has 4 atom stereocenters. The van der Waals surface area contributed by atoms with Gasteiger partial charge in [-0.2, -0.15) is 0 Å². The highest BCUT2D eigenvalue weighted by Gasteiger charge is 2.48. The normalized spacial score (nSPS) is 27.3. The molecule has 2 aliphatic carbocycles. The van der Waals surface area contributed by atoms with Crippen LogP contribution in [0.2, 0.25) is 0 Å². The van der Waals surface area contributed by atoms with Crippen LogP contribution < -0.4 is 16.4 Å². The molecular weight excluding hydrogens is 444 g/mol. The lowest BCUT2D eigenvalue weighted by Gasteiger charge is -2.28. The summed E-state index contributed by atoms with van der Waals surface area (Å²) in [6.45, 7) is 0.152. The Bertz CT molecular complexity index is 1080. The number of aliphatic hydroxyl groups excluding tert-OH is 2. The third kappa shape index (κ3) is 4.14. The summed E-state index contributed by atoms with van der Waals surface area (Å²) in [6.07, 6.45) is 1.99. The molecule has 3 heterocycles. The molecule has 1 aliphatic heterocycles. The van der Waals surface area contributed by atoms with Crippen molar-refractivity contribution in [2.45, 2.75) is 81.7 Å². The van der Waals surface area contributed by atoms with Crippen LogP contribution >= 0.6 is 0 Å². The summed E-state index contributed by atoms with van der Waals surface area (Å²) < 4.78 is 7.20. The number of nitrogen functional groups attached to an aromatic ring is 1. The number of rotatable bonds is 6. The number of hydrogen-bond donors (Lipinski definition) is 5. The minimum atomic E-state index is -1.41. The van der Waals surface area contributed by atoms with Crippen molar-refractivity contribution in [2.24, 2.45) is 0 Å². The van der Waals surface area contributed by atoms with Gasteiger partial charge in [0, 0.05) is 19.1 Å². The van der Waals surface area contributed by atoms with Gasteiger partial charge in [-0.05, 0) is 25.7 Å². The van der Waals surface area contributed by atoms with Gasteiger partial charge >= 0.3 is 6.03 Å². The Kier molecular flexibility index (Phi) is 6.00. The molecule has 3 amide bonds. The predicted molar refractivity (Wildman–Crippen MR) is 119 cm³/mol. The van der Waals surface area contributed by atoms with Crippen LogP contribution in [0, 0.1) is 0 Å². The number of ether oxygens (including phenoxy) is 1. The third-order valence-electron chi connectivity index (χ3n) is 6.74. The van der Waals surface area contributed by atoms with Gasteiger partial charge in [-0.15, -0.1) is 0 Å². The first-order chi connectivity index (χ1) is 16.4. The lowest BCUT2D eigenvalue weighted by atomic mass is 10.1. The Morgan fingerprint density at radius 3 is 2.62 bits per heavy atom. The van der Waals surface area contributed by atoms with E-state index in [0.717, 1.165) is 38.5 Å². The number of carbonyl (C=O) groups is 2. The zero-order valence-corrected chi connectivity index (χ0v) is 18.9. The zero-order valence-electron chi connectivity index (χ0n) is 18.9. The molecule has 13 nitrogen and oxygen atoms in total. The van der Waals surface area contributed by atoms with Crippen LogP contribution in [-0.4, -0.2) is 84.0 Å². The van der Waals surface area contributed by atoms with Gasteiger partial charge in [0.15, 0.2) is 29.6 Å². The number of imidazole rings is 1. The smallest absolute Gasteiger partial charge is 0.317 e. The summed E-state index contributed by atoms with van der Waals surface area (Å²) in [7, 11) is 1.58. The zero-order chi connectivity index (χ0) is 24.0. The molecule has 2 aromatic heterocycles. The van der Waals surface area contributed by atoms with Crippen LogP contribution in [0.15, 0.2) is 6.33 Å². The van der Waals surface area contributed by atoms with Gasteiger partial charge < -0.3 is 36.2 Å². The van der Waals surface area contributed by atoms with Crippen LogP contribution in [0.25, 0.3) is 11.2 Å². The maximum Gasteiger partial charge on any atom is 0.317 e. The SMILES string of the molecule is CNC(=O)N(Cc1nc(N)c2ncn([C@@H]3O[C@H](C(=O)NC4CC4)C(O)C3O)c2n1)C1CCCC1. The van der Waals surface area contributed by atoms with E-state index in [0.29, 0.717) is 11.3 Å². The number of anilines is 1. The number of aliphatic hydroxyl groups is 2. The Balaban J connectivity index is 1.42. The highest BCUT2D eigenvalue weighted by molar-refractivity contribution is 5.83. The minimum absolute atomic E-state index is 0.0891. The maximum absolute atomic E-state index is 12.5. The number of nitrogens with one attached hydrogen (secondary N) is 2. The molecule has 0 spiro atoms. The van der Waals surface area contributed by atoms with Crippen LogP contribution in [0.1, 0.15) is 50.6 Å². The number of nitrogens with zero attached hydrogens (tertiary/aromatic N) is 5. The topological polar surface area (TPSA) is 181 Å². The van der Waals surface area contributed by atoms with Gasteiger partial charge in [0.2, 0.25) is 0 Å². The largest absolute Gasteiger partial charge is 0.387 e. The first kappa shape index (κ1) is 22.7. The van der Waals surface area contributed by atoms with Crippen LogP contribution in [-0.2, 0) is 16.1 Å². The summed E-state index contributed by atoms with van der Waals surface area (Å²) in [5.41, 5.74) is 6.72. The van der Waals surface area contributed by atoms with Crippen LogP contribution in [0.4, 0.5) is 10.6 Å². The number of carbonyl (C=O) groups excluding carboxylic acids is 2. The van der Waals surface area contributed by atoms with Crippen molar-refractivity contribution in [1.82, 2.24) is 35.1 Å². The van der Waals surface area contributed by atoms with Crippen molar-refractivity contribution in [3.8, 4) is 0 Å². The molecule has 2 aromatic rings. The molecule has 0 aromatic carbocycles. The Hall–Kier alpha value is -3.03. The summed E-state index contributed by atoms with van der Waals surface area (Å²) in [6, 6.07) is -0.0390. The monoisotopic (exact) mass is 474 g/mol. The van der Waals surface area contributed by atoms with Gasteiger partial charge in [-0.1, -0.05) is 12.8 Å². The third-order valence-corrected chi connectivity index (χ3v) is 6.74. The van der Waals surface area contributed by atoms with E-state index in [1.165, 1.54) is 10.9 Å². The lowest BCUT2D eigenvalue weighted by Crippen LogP contribution is -2.43. The molecule has 3 fully saturated rings. The molecule has 3 aliphatic rings. The van der Waals surface area contributed by atoms with Crippen molar-refractivity contribution in [1.29, 1.82) is 0 Å². The van der Waals surface area contributed by atoms with Gasteiger partial charge in [0.25, 0.3) is 5.91 Å². The average Bonchev–Trinajstić information content (AvgIpc) is 3.20. The second-order valence-corrected chi connectivity index (χ2v) is 9.18. The van der Waals surface area contributed by atoms with Crippen molar-refractivity contribution in [3.63, 3.8) is 0 Å². The minimum Gasteiger partial charge on any atom is -0.387 e. The maximum atomic E-state index is 12.5. The van der Waals surface area contributed by atoms with Crippen molar-refractivity contribution >= 4 is 28.9 Å². The van der Waals surface area contributed by atoms with E-state index < -0.39 is 30.4 Å². The summed E-state index contributed by atoms with van der Waals surface area (Å²) in [5, 5.41) is 26.6. The predicted octanol–water partition coefficient (Wildman–Crippen LogP) is -0.610. The van der Waals surface area contributed by atoms with Crippen LogP contribution in [0.5, 0.6) is 0 Å². The number of hydrogen-bond acceptors (Lipinski definition) is 9. The summed E-state index contributed by atoms with van der Waals surface area (Å²) in [5.74, 6) is -0.0232. The molecule has 2 unspecified atom stereocenters. The van der Waals surface area contributed by atoms with Gasteiger partial charge in [-0.3, -0.25) is 9.36 Å². The van der Waals surface area contributed by atoms with Gasteiger partial charge in [0.1, 0.15) is 17.7 Å². The number of fused-ring (bicyclic) bond motifs is 1. The molecule has 1 saturated heterocycles. The van der Waals surface area contributed by atoms with Crippen molar-refractivity contribution in [2.75, 3.05) is 12.8 Å². The number of aromatic nitrogens is 4. The van der Waals surface area contributed by atoms with E-state index >= 15 is 0 Å². The fourth-order valence-electron chi connectivity index (χ4n) is 4.74. The molecule has 13 heteroatoms. The molecule has 5 rings (SSSR count). The molecule has 0 radical (unpaired) electrons. The van der Waals surface area contributed by atoms with Gasteiger partial charge in [0.05, 0.1) is 12.9 Å². The first-order valence-corrected chi connectivity index (χ1v) is 11.7. The quantitative estimate of drug-likeness (QED) is 0.365. The van der Waals surface area contributed by atoms with E-state index in [4.69, 9.17) is 10.5 Å². The number of nitrogens with two attached hydrogens (primary N) is 1. The second kappa shape index (κ2) is 8.96. The van der Waals surface area contributed by atoms with Gasteiger partial charge in [-0.25, -0.2) is 19.7 Å². The number of urea groups is 1. The first-order valence-electron chi connectivity index (χ1n) is 11.7. The number of amides is 3. The Morgan fingerprint density at radius 1 is 1.21 bits per heavy atom. The fraction of sp³-hybridized carbons (Fsp3) is 0.667. The molecule has 34 heavy (non-hydrogen) atoms. The molecular formula is C21H30N8O5. The van der Waals surface area contributed by atoms with E-state index in [1.807, 2.05) is 0 Å². The molecule has 184 valence electrons.